The molecule has 0 spiro atoms. The number of Topliss-reactive ketones (excluding diaryl/α,β-unsaturated/α-hetero) is 1. The summed E-state index contributed by atoms with van der Waals surface area (Å²) < 4.78 is 29.9. The van der Waals surface area contributed by atoms with Gasteiger partial charge in [0.25, 0.3) is 11.7 Å². The zero-order valence-corrected chi connectivity index (χ0v) is 17.0. The average Bonchev–Trinajstić information content (AvgIpc) is 3.40. The number of morpholine rings is 1. The molecular weight excluding hydrogens is 407 g/mol. The minimum Gasteiger partial charge on any atom is -0.507 e. The Kier molecular flexibility index (Phi) is 6.06. The van der Waals surface area contributed by atoms with Crippen LogP contribution < -0.4 is 4.74 Å². The lowest BCUT2D eigenvalue weighted by Crippen LogP contribution is -2.42. The first-order chi connectivity index (χ1) is 15.0. The number of furan rings is 1. The fraction of sp³-hybridized carbons (Fsp3) is 0.364. The maximum atomic E-state index is 14.2. The number of carbonyl (C=O) groups excluding carboxylic acids is 2. The second-order valence-corrected chi connectivity index (χ2v) is 7.31. The fourth-order valence-electron chi connectivity index (χ4n) is 3.90. The number of likely N-dealkylation sites (tertiary alicyclic amines) is 1. The van der Waals surface area contributed by atoms with Gasteiger partial charge in [-0.05, 0) is 30.3 Å². The van der Waals surface area contributed by atoms with Crippen molar-refractivity contribution < 1.29 is 33.0 Å². The standard InChI is InChI=1S/C22H23FN2O6/c1-29-16-5-4-14(13-15(16)23)20(26)18-19(17-3-2-10-31-17)25(22(28)21(18)27)7-6-24-8-11-30-12-9-24/h2-5,10,13,19,26H,6-9,11-12H2,1H3/b20-18+. The van der Waals surface area contributed by atoms with Crippen LogP contribution in [0.2, 0.25) is 0 Å². The Balaban J connectivity index is 1.70. The zero-order chi connectivity index (χ0) is 22.0. The van der Waals surface area contributed by atoms with Crippen molar-refractivity contribution >= 4 is 17.4 Å². The van der Waals surface area contributed by atoms with Crippen LogP contribution in [0.1, 0.15) is 17.4 Å². The minimum absolute atomic E-state index is 0.00472. The second kappa shape index (κ2) is 8.91. The molecule has 1 unspecified atom stereocenters. The van der Waals surface area contributed by atoms with Crippen LogP contribution in [0.5, 0.6) is 5.75 Å². The van der Waals surface area contributed by atoms with E-state index in [-0.39, 0.29) is 23.4 Å². The van der Waals surface area contributed by atoms with Gasteiger partial charge in [0, 0.05) is 31.7 Å². The highest BCUT2D eigenvalue weighted by Gasteiger charge is 2.47. The molecule has 9 heteroatoms. The van der Waals surface area contributed by atoms with Crippen LogP contribution in [0, 0.1) is 5.82 Å². The predicted molar refractivity (Wildman–Crippen MR) is 108 cm³/mol. The maximum absolute atomic E-state index is 14.2. The minimum atomic E-state index is -0.902. The van der Waals surface area contributed by atoms with E-state index in [1.807, 2.05) is 0 Å². The molecule has 2 saturated heterocycles. The summed E-state index contributed by atoms with van der Waals surface area (Å²) in [6, 6.07) is 6.22. The van der Waals surface area contributed by atoms with E-state index in [0.717, 1.165) is 19.2 Å². The normalized spacial score (nSPS) is 21.6. The summed E-state index contributed by atoms with van der Waals surface area (Å²) in [6.45, 7) is 3.52. The van der Waals surface area contributed by atoms with Crippen LogP contribution in [0.25, 0.3) is 5.76 Å². The molecule has 0 bridgehead atoms. The number of hydrogen-bond donors (Lipinski definition) is 1. The topological polar surface area (TPSA) is 92.5 Å². The molecule has 1 atom stereocenters. The maximum Gasteiger partial charge on any atom is 0.295 e. The lowest BCUT2D eigenvalue weighted by molar-refractivity contribution is -0.140. The number of benzene rings is 1. The highest BCUT2D eigenvalue weighted by molar-refractivity contribution is 6.46. The van der Waals surface area contributed by atoms with Crippen LogP contribution in [0.15, 0.2) is 46.6 Å². The van der Waals surface area contributed by atoms with Gasteiger partial charge in [0.05, 0.1) is 32.2 Å². The molecule has 2 fully saturated rings. The number of aliphatic hydroxyl groups is 1. The smallest absolute Gasteiger partial charge is 0.295 e. The molecule has 4 rings (SSSR count). The monoisotopic (exact) mass is 430 g/mol. The Hall–Kier alpha value is -3.17. The average molecular weight is 430 g/mol. The highest BCUT2D eigenvalue weighted by Crippen LogP contribution is 2.39. The largest absolute Gasteiger partial charge is 0.507 e. The molecule has 1 amide bonds. The third kappa shape index (κ3) is 4.06. The van der Waals surface area contributed by atoms with E-state index < -0.39 is 29.3 Å². The summed E-state index contributed by atoms with van der Waals surface area (Å²) in [7, 11) is 1.33. The summed E-state index contributed by atoms with van der Waals surface area (Å²) in [6.07, 6.45) is 1.43. The fourth-order valence-corrected chi connectivity index (χ4v) is 3.90. The Bertz CT molecular complexity index is 997. The van der Waals surface area contributed by atoms with E-state index in [4.69, 9.17) is 13.9 Å². The SMILES string of the molecule is COc1ccc(/C(O)=C2\C(=O)C(=O)N(CCN3CCOCC3)C2c2ccco2)cc1F. The van der Waals surface area contributed by atoms with Crippen molar-refractivity contribution in [3.05, 3.63) is 59.3 Å². The first-order valence-corrected chi connectivity index (χ1v) is 9.97. The molecular formula is C22H23FN2O6. The number of carbonyl (C=O) groups is 2. The van der Waals surface area contributed by atoms with Gasteiger partial charge in [-0.1, -0.05) is 0 Å². The third-order valence-corrected chi connectivity index (χ3v) is 5.54. The van der Waals surface area contributed by atoms with Gasteiger partial charge in [0.1, 0.15) is 17.6 Å². The molecule has 1 aromatic carbocycles. The summed E-state index contributed by atoms with van der Waals surface area (Å²) in [5, 5.41) is 10.9. The molecule has 2 aliphatic heterocycles. The van der Waals surface area contributed by atoms with Crippen LogP contribution in [-0.2, 0) is 14.3 Å². The number of ketones is 1. The second-order valence-electron chi connectivity index (χ2n) is 7.31. The number of halogens is 1. The Morgan fingerprint density at radius 3 is 2.65 bits per heavy atom. The summed E-state index contributed by atoms with van der Waals surface area (Å²) >= 11 is 0. The first-order valence-electron chi connectivity index (χ1n) is 9.97. The molecule has 0 saturated carbocycles. The van der Waals surface area contributed by atoms with E-state index in [2.05, 4.69) is 4.90 Å². The molecule has 0 radical (unpaired) electrons. The van der Waals surface area contributed by atoms with Gasteiger partial charge in [0.15, 0.2) is 11.6 Å². The summed E-state index contributed by atoms with van der Waals surface area (Å²) in [4.78, 5) is 29.3. The van der Waals surface area contributed by atoms with Crippen LogP contribution >= 0.6 is 0 Å². The van der Waals surface area contributed by atoms with Crippen LogP contribution in [0.3, 0.4) is 0 Å². The Morgan fingerprint density at radius 2 is 2.00 bits per heavy atom. The number of aliphatic hydroxyl groups excluding tert-OH is 1. The van der Waals surface area contributed by atoms with Crippen molar-refractivity contribution in [3.63, 3.8) is 0 Å². The van der Waals surface area contributed by atoms with Crippen LogP contribution in [0.4, 0.5) is 4.39 Å². The van der Waals surface area contributed by atoms with Crippen molar-refractivity contribution in [1.29, 1.82) is 0 Å². The number of methoxy groups -OCH3 is 1. The quantitative estimate of drug-likeness (QED) is 0.427. The van der Waals surface area contributed by atoms with E-state index >= 15 is 0 Å². The Labute approximate surface area is 178 Å². The first kappa shape index (κ1) is 21.1. The molecule has 164 valence electrons. The molecule has 8 nitrogen and oxygen atoms in total. The van der Waals surface area contributed by atoms with Crippen molar-refractivity contribution in [2.75, 3.05) is 46.5 Å². The van der Waals surface area contributed by atoms with E-state index in [1.165, 1.54) is 30.4 Å². The van der Waals surface area contributed by atoms with Gasteiger partial charge >= 0.3 is 0 Å². The number of amides is 1. The van der Waals surface area contributed by atoms with Gasteiger partial charge in [-0.3, -0.25) is 14.5 Å². The van der Waals surface area contributed by atoms with Gasteiger partial charge < -0.3 is 23.9 Å². The Morgan fingerprint density at radius 1 is 1.23 bits per heavy atom. The molecule has 31 heavy (non-hydrogen) atoms. The third-order valence-electron chi connectivity index (χ3n) is 5.54. The molecule has 2 aliphatic rings. The van der Waals surface area contributed by atoms with E-state index in [9.17, 15) is 19.1 Å². The van der Waals surface area contributed by atoms with Crippen molar-refractivity contribution in [2.45, 2.75) is 6.04 Å². The molecule has 2 aromatic rings. The number of rotatable bonds is 6. The van der Waals surface area contributed by atoms with Crippen molar-refractivity contribution in [3.8, 4) is 5.75 Å². The van der Waals surface area contributed by atoms with Gasteiger partial charge in [-0.25, -0.2) is 4.39 Å². The van der Waals surface area contributed by atoms with E-state index in [1.54, 1.807) is 12.1 Å². The molecule has 1 N–H and O–H groups in total. The molecule has 0 aliphatic carbocycles. The lowest BCUT2D eigenvalue weighted by Gasteiger charge is -2.30. The number of hydrogen-bond acceptors (Lipinski definition) is 7. The van der Waals surface area contributed by atoms with E-state index in [0.29, 0.717) is 25.5 Å². The lowest BCUT2D eigenvalue weighted by atomic mass is 9.99. The molecule has 1 aromatic heterocycles. The highest BCUT2D eigenvalue weighted by atomic mass is 19.1. The van der Waals surface area contributed by atoms with Gasteiger partial charge in [-0.2, -0.15) is 0 Å². The summed E-state index contributed by atoms with van der Waals surface area (Å²) in [5.41, 5.74) is -0.0625. The van der Waals surface area contributed by atoms with Gasteiger partial charge in [0.2, 0.25) is 0 Å². The van der Waals surface area contributed by atoms with Crippen molar-refractivity contribution in [2.24, 2.45) is 0 Å². The van der Waals surface area contributed by atoms with Crippen LogP contribution in [-0.4, -0.2) is 73.1 Å². The predicted octanol–water partition coefficient (Wildman–Crippen LogP) is 2.18. The van der Waals surface area contributed by atoms with Gasteiger partial charge in [-0.15, -0.1) is 0 Å². The van der Waals surface area contributed by atoms with Crippen molar-refractivity contribution in [1.82, 2.24) is 9.80 Å². The summed E-state index contributed by atoms with van der Waals surface area (Å²) in [5.74, 6) is -2.37. The number of nitrogens with zero attached hydrogens (tertiary/aromatic N) is 2. The molecule has 3 heterocycles. The number of ether oxygens (including phenoxy) is 2. The zero-order valence-electron chi connectivity index (χ0n) is 17.0.